The van der Waals surface area contributed by atoms with Crippen LogP contribution < -0.4 is 18.9 Å². The molecule has 0 aromatic heterocycles. The van der Waals surface area contributed by atoms with Crippen molar-refractivity contribution in [1.82, 2.24) is 0 Å². The van der Waals surface area contributed by atoms with E-state index >= 15 is 0 Å². The van der Waals surface area contributed by atoms with Crippen LogP contribution in [-0.2, 0) is 87.7 Å². The van der Waals surface area contributed by atoms with E-state index in [1.807, 2.05) is 27.7 Å². The SMILES string of the molecule is C=C(C)C(=O)OCCOc1c2cc(C(=O)CCCCC)cc1Cc1cc(C(=O)CCCCC)cc(c1OCCOC(=O)C(=O)OCC)Cc1cc(C(=O)CCCCC)cc(c1OCCOC(=O)C(=O)OCC)Cc1cc(C(=O)CCCCC)cc(c1OCCOC(=O)C(C)=O)C2. The second kappa shape index (κ2) is 41.1. The van der Waals surface area contributed by atoms with Gasteiger partial charge in [0, 0.05) is 86.1 Å². The van der Waals surface area contributed by atoms with E-state index in [4.69, 9.17) is 47.4 Å². The van der Waals surface area contributed by atoms with Crippen LogP contribution in [0.3, 0.4) is 0 Å². The molecular formula is C75H94O21. The van der Waals surface area contributed by atoms with Crippen LogP contribution in [0, 0.1) is 0 Å². The molecule has 520 valence electrons. The van der Waals surface area contributed by atoms with E-state index in [1.54, 1.807) is 48.5 Å². The van der Waals surface area contributed by atoms with Crippen molar-refractivity contribution in [3.8, 4) is 23.0 Å². The summed E-state index contributed by atoms with van der Waals surface area (Å²) in [5.74, 6) is -7.62. The van der Waals surface area contributed by atoms with E-state index in [-0.39, 0.29) is 173 Å². The second-order valence-corrected chi connectivity index (χ2v) is 23.4. The number of esters is 6. The number of benzene rings is 4. The van der Waals surface area contributed by atoms with E-state index < -0.39 is 54.8 Å². The number of fused-ring (bicyclic) bond motifs is 8. The fourth-order valence-electron chi connectivity index (χ4n) is 10.8. The first-order chi connectivity index (χ1) is 46.2. The van der Waals surface area contributed by atoms with Crippen LogP contribution in [0.2, 0.25) is 0 Å². The molecule has 0 fully saturated rings. The van der Waals surface area contributed by atoms with E-state index in [2.05, 4.69) is 6.58 Å². The minimum Gasteiger partial charge on any atom is -0.489 e. The Balaban J connectivity index is 2.03. The van der Waals surface area contributed by atoms with Gasteiger partial charge in [-0.25, -0.2) is 28.8 Å². The molecule has 1 aliphatic carbocycles. The molecule has 4 aromatic rings. The first-order valence-corrected chi connectivity index (χ1v) is 33.6. The third kappa shape index (κ3) is 24.3. The molecule has 0 atom stereocenters. The first kappa shape index (κ1) is 77.7. The Morgan fingerprint density at radius 3 is 0.729 bits per heavy atom. The molecule has 0 saturated heterocycles. The molecule has 0 radical (unpaired) electrons. The van der Waals surface area contributed by atoms with Crippen molar-refractivity contribution in [3.63, 3.8) is 0 Å². The maximum absolute atomic E-state index is 14.8. The smallest absolute Gasteiger partial charge is 0.417 e. The van der Waals surface area contributed by atoms with E-state index in [9.17, 15) is 52.7 Å². The van der Waals surface area contributed by atoms with Gasteiger partial charge in [0.1, 0.15) is 75.9 Å². The summed E-state index contributed by atoms with van der Waals surface area (Å²) in [5.41, 5.74) is 4.31. The highest BCUT2D eigenvalue weighted by Crippen LogP contribution is 2.42. The van der Waals surface area contributed by atoms with E-state index in [0.29, 0.717) is 75.8 Å². The normalized spacial score (nSPS) is 11.5. The fourth-order valence-corrected chi connectivity index (χ4v) is 10.8. The zero-order valence-corrected chi connectivity index (χ0v) is 57.1. The third-order valence-corrected chi connectivity index (χ3v) is 15.6. The molecule has 21 heteroatoms. The van der Waals surface area contributed by atoms with Gasteiger partial charge in [0.05, 0.1) is 13.2 Å². The van der Waals surface area contributed by atoms with Gasteiger partial charge in [-0.3, -0.25) is 24.0 Å². The van der Waals surface area contributed by atoms with Crippen LogP contribution in [0.15, 0.2) is 60.7 Å². The number of ether oxygens (including phenoxy) is 10. The summed E-state index contributed by atoms with van der Waals surface area (Å²) >= 11 is 0. The lowest BCUT2D eigenvalue weighted by atomic mass is 9.86. The monoisotopic (exact) mass is 1330 g/mol. The van der Waals surface area contributed by atoms with Crippen LogP contribution in [0.25, 0.3) is 0 Å². The van der Waals surface area contributed by atoms with Gasteiger partial charge >= 0.3 is 35.8 Å². The van der Waals surface area contributed by atoms with Gasteiger partial charge in [-0.15, -0.1) is 0 Å². The molecule has 8 bridgehead atoms. The molecule has 0 heterocycles. The van der Waals surface area contributed by atoms with Gasteiger partial charge in [-0.1, -0.05) is 85.6 Å². The molecule has 0 amide bonds. The first-order valence-electron chi connectivity index (χ1n) is 33.6. The van der Waals surface area contributed by atoms with Gasteiger partial charge < -0.3 is 47.4 Å². The highest BCUT2D eigenvalue weighted by molar-refractivity contribution is 6.32. The Kier molecular flexibility index (Phi) is 33.2. The quantitative estimate of drug-likeness (QED) is 0.00879. The van der Waals surface area contributed by atoms with Gasteiger partial charge in [0.25, 0.3) is 0 Å². The number of hydrogen-bond acceptors (Lipinski definition) is 21. The molecule has 0 aliphatic heterocycles. The fraction of sp³-hybridized carbons (Fsp3) is 0.507. The zero-order chi connectivity index (χ0) is 70.1. The van der Waals surface area contributed by atoms with E-state index in [0.717, 1.165) is 58.3 Å². The number of rotatable bonds is 40. The Bertz CT molecular complexity index is 3200. The summed E-state index contributed by atoms with van der Waals surface area (Å²) in [6, 6.07) is 13.5. The summed E-state index contributed by atoms with van der Waals surface area (Å²) in [5, 5.41) is 0. The molecule has 0 saturated carbocycles. The van der Waals surface area contributed by atoms with Gasteiger partial charge in [-0.2, -0.15) is 0 Å². The van der Waals surface area contributed by atoms with Crippen LogP contribution in [-0.4, -0.2) is 131 Å². The lowest BCUT2D eigenvalue weighted by molar-refractivity contribution is -0.167. The van der Waals surface area contributed by atoms with E-state index in [1.165, 1.54) is 20.8 Å². The maximum atomic E-state index is 14.8. The molecular weight excluding hydrogens is 1240 g/mol. The molecule has 0 N–H and O–H groups in total. The largest absolute Gasteiger partial charge is 0.489 e. The van der Waals surface area contributed by atoms with Crippen LogP contribution >= 0.6 is 0 Å². The average molecular weight is 1330 g/mol. The minimum absolute atomic E-state index is 0.0839. The molecule has 96 heavy (non-hydrogen) atoms. The summed E-state index contributed by atoms with van der Waals surface area (Å²) in [6.07, 6.45) is 8.72. The van der Waals surface area contributed by atoms with Gasteiger partial charge in [0.15, 0.2) is 23.1 Å². The highest BCUT2D eigenvalue weighted by atomic mass is 16.6. The van der Waals surface area contributed by atoms with Crippen molar-refractivity contribution < 1.29 is 100 Å². The summed E-state index contributed by atoms with van der Waals surface area (Å²) < 4.78 is 58.2. The molecule has 0 unspecified atom stereocenters. The van der Waals surface area contributed by atoms with Gasteiger partial charge in [-0.05, 0) is 139 Å². The summed E-state index contributed by atoms with van der Waals surface area (Å²) in [6.45, 7) is 14.5. The molecule has 5 rings (SSSR count). The Labute approximate surface area is 562 Å². The molecule has 4 aromatic carbocycles. The summed E-state index contributed by atoms with van der Waals surface area (Å²) in [4.78, 5) is 147. The lowest BCUT2D eigenvalue weighted by Gasteiger charge is -2.25. The summed E-state index contributed by atoms with van der Waals surface area (Å²) in [7, 11) is 0. The topological polar surface area (TPSA) is 280 Å². The zero-order valence-electron chi connectivity index (χ0n) is 57.1. The molecule has 1 aliphatic rings. The number of hydrogen-bond donors (Lipinski definition) is 0. The van der Waals surface area contributed by atoms with Crippen molar-refractivity contribution in [2.45, 2.75) is 184 Å². The Hall–Kier alpha value is -9.01. The number of unbranched alkanes of at least 4 members (excludes halogenated alkanes) is 8. The molecule has 0 spiro atoms. The Morgan fingerprint density at radius 2 is 0.521 bits per heavy atom. The van der Waals surface area contributed by atoms with Gasteiger partial charge in [0.2, 0.25) is 5.78 Å². The minimum atomic E-state index is -1.26. The van der Waals surface area contributed by atoms with Crippen molar-refractivity contribution in [2.75, 3.05) is 66.1 Å². The van der Waals surface area contributed by atoms with Crippen LogP contribution in [0.5, 0.6) is 23.0 Å². The average Bonchev–Trinajstić information content (AvgIpc) is 0.773. The Morgan fingerprint density at radius 1 is 0.302 bits per heavy atom. The van der Waals surface area contributed by atoms with Crippen LogP contribution in [0.1, 0.15) is 244 Å². The highest BCUT2D eigenvalue weighted by Gasteiger charge is 2.29. The standard InChI is InChI=1S/C75H94O21/c1-10-16-20-24-62(77)50-36-54-44-56-38-51(63(78)25-21-17-11-2)39-57(67(56)90-29-33-94-71(82)49(9)76)46-59-41-53(65(80)27-23-19-13-4)43-61(69(59)92-31-35-96-75(86)73(84)88-15-6)47-60-42-52(64(79)26-22-18-12-3)40-58(68(60)91-30-34-95-74(85)72(83)87-14-5)45-55(37-50)66(54)89-28-32-93-70(81)48(7)8/h36-43H,7,10-35,44-47H2,1-6,8-9H3. The van der Waals surface area contributed by atoms with Crippen molar-refractivity contribution in [1.29, 1.82) is 0 Å². The predicted molar refractivity (Wildman–Crippen MR) is 355 cm³/mol. The maximum Gasteiger partial charge on any atom is 0.417 e. The number of Topliss-reactive ketones (excluding diaryl/α,β-unsaturated/α-hetero) is 5. The van der Waals surface area contributed by atoms with Crippen molar-refractivity contribution in [2.24, 2.45) is 0 Å². The van der Waals surface area contributed by atoms with Crippen molar-refractivity contribution in [3.05, 3.63) is 127 Å². The van der Waals surface area contributed by atoms with Crippen LogP contribution in [0.4, 0.5) is 0 Å². The second-order valence-electron chi connectivity index (χ2n) is 23.4. The molecule has 21 nitrogen and oxygen atoms in total. The predicted octanol–water partition coefficient (Wildman–Crippen LogP) is 12.4. The lowest BCUT2D eigenvalue weighted by Crippen LogP contribution is -2.23. The number of carbonyl (C=O) groups is 11. The number of carbonyl (C=O) groups excluding carboxylic acids is 11. The number of ketones is 5. The third-order valence-electron chi connectivity index (χ3n) is 15.6. The van der Waals surface area contributed by atoms with Crippen molar-refractivity contribution >= 4 is 64.7 Å².